The van der Waals surface area contributed by atoms with Crippen LogP contribution in [0, 0.1) is 24.2 Å². The van der Waals surface area contributed by atoms with E-state index in [0.717, 1.165) is 35.5 Å². The van der Waals surface area contributed by atoms with Crippen LogP contribution in [0.1, 0.15) is 90.8 Å². The van der Waals surface area contributed by atoms with Crippen molar-refractivity contribution in [2.45, 2.75) is 105 Å². The van der Waals surface area contributed by atoms with E-state index in [9.17, 15) is 15.0 Å². The molecule has 186 valence electrons. The Balaban J connectivity index is 2.27. The van der Waals surface area contributed by atoms with Gasteiger partial charge in [0.25, 0.3) is 0 Å². The molecular weight excluding hydrogens is 434 g/mol. The average Bonchev–Trinajstić information content (AvgIpc) is 3.13. The Morgan fingerprint density at radius 3 is 2.58 bits per heavy atom. The van der Waals surface area contributed by atoms with Gasteiger partial charge < -0.3 is 14.9 Å². The molecular formula is C27H43NO4S. The summed E-state index contributed by atoms with van der Waals surface area (Å²) in [5.74, 6) is -0.176. The Morgan fingerprint density at radius 2 is 1.94 bits per heavy atom. The van der Waals surface area contributed by atoms with E-state index in [1.807, 2.05) is 46.1 Å². The van der Waals surface area contributed by atoms with Crippen LogP contribution < -0.4 is 0 Å². The lowest BCUT2D eigenvalue weighted by atomic mass is 9.74. The number of hydrogen-bond acceptors (Lipinski definition) is 6. The van der Waals surface area contributed by atoms with Crippen molar-refractivity contribution in [1.29, 1.82) is 0 Å². The Morgan fingerprint density at radius 1 is 1.24 bits per heavy atom. The zero-order valence-corrected chi connectivity index (χ0v) is 22.2. The Hall–Kier alpha value is -1.50. The van der Waals surface area contributed by atoms with Crippen LogP contribution in [-0.2, 0) is 9.53 Å². The number of esters is 1. The molecule has 0 aromatic carbocycles. The van der Waals surface area contributed by atoms with E-state index in [1.165, 1.54) is 5.57 Å². The van der Waals surface area contributed by atoms with Crippen LogP contribution in [0.15, 0.2) is 22.6 Å². The van der Waals surface area contributed by atoms with Crippen LogP contribution in [0.5, 0.6) is 0 Å². The highest BCUT2D eigenvalue weighted by Gasteiger charge is 2.35. The highest BCUT2D eigenvalue weighted by molar-refractivity contribution is 7.09. The molecule has 0 bridgehead atoms. The van der Waals surface area contributed by atoms with Gasteiger partial charge in [-0.3, -0.25) is 4.79 Å². The number of aliphatic hydroxyl groups excluding tert-OH is 2. The van der Waals surface area contributed by atoms with Gasteiger partial charge in [0.2, 0.25) is 0 Å². The summed E-state index contributed by atoms with van der Waals surface area (Å²) in [4.78, 5) is 17.3. The first-order valence-corrected chi connectivity index (χ1v) is 13.1. The first-order valence-electron chi connectivity index (χ1n) is 12.2. The fourth-order valence-electron chi connectivity index (χ4n) is 4.67. The van der Waals surface area contributed by atoms with Crippen molar-refractivity contribution in [2.75, 3.05) is 0 Å². The van der Waals surface area contributed by atoms with Crippen molar-refractivity contribution in [3.8, 4) is 0 Å². The van der Waals surface area contributed by atoms with Crippen molar-refractivity contribution in [3.63, 3.8) is 0 Å². The summed E-state index contributed by atoms with van der Waals surface area (Å²) in [5, 5.41) is 24.7. The number of aromatic nitrogens is 1. The molecule has 2 N–H and O–H groups in total. The fourth-order valence-corrected chi connectivity index (χ4v) is 5.24. The molecule has 0 radical (unpaired) electrons. The summed E-state index contributed by atoms with van der Waals surface area (Å²) in [6.07, 6.45) is 6.58. The number of aryl methyl sites for hydroxylation is 1. The van der Waals surface area contributed by atoms with Gasteiger partial charge in [-0.05, 0) is 75.4 Å². The average molecular weight is 478 g/mol. The molecule has 5 unspecified atom stereocenters. The molecule has 1 aliphatic heterocycles. The number of thiazole rings is 1. The van der Waals surface area contributed by atoms with Gasteiger partial charge in [-0.15, -0.1) is 11.3 Å². The van der Waals surface area contributed by atoms with Crippen molar-refractivity contribution in [3.05, 3.63) is 33.3 Å². The normalized spacial score (nSPS) is 32.6. The number of nitrogens with zero attached hydrogens (tertiary/aromatic N) is 1. The van der Waals surface area contributed by atoms with Gasteiger partial charge in [0.1, 0.15) is 6.10 Å². The second kappa shape index (κ2) is 12.3. The van der Waals surface area contributed by atoms with Crippen molar-refractivity contribution < 1.29 is 19.7 Å². The SMILES string of the molecule is C/C1=C/CC(/C(C)=C/c2csc(C)n2)OC(=O)CC(O)C(C)(C)CC(C)C(O)C(C)CCC1. The zero-order valence-electron chi connectivity index (χ0n) is 21.4. The van der Waals surface area contributed by atoms with E-state index in [4.69, 9.17) is 4.74 Å². The van der Waals surface area contributed by atoms with Crippen molar-refractivity contribution in [2.24, 2.45) is 17.3 Å². The number of ether oxygens (including phenoxy) is 1. The van der Waals surface area contributed by atoms with E-state index < -0.39 is 29.7 Å². The molecule has 0 saturated heterocycles. The minimum atomic E-state index is -0.841. The maximum Gasteiger partial charge on any atom is 0.309 e. The molecule has 0 spiro atoms. The summed E-state index contributed by atoms with van der Waals surface area (Å²) in [6, 6.07) is 0. The third kappa shape index (κ3) is 8.66. The highest BCUT2D eigenvalue weighted by atomic mass is 32.1. The second-order valence-electron chi connectivity index (χ2n) is 10.7. The van der Waals surface area contributed by atoms with Crippen molar-refractivity contribution >= 4 is 23.4 Å². The van der Waals surface area contributed by atoms with Crippen LogP contribution in [0.4, 0.5) is 0 Å². The molecule has 5 nitrogen and oxygen atoms in total. The zero-order chi connectivity index (χ0) is 24.8. The van der Waals surface area contributed by atoms with E-state index >= 15 is 0 Å². The quantitative estimate of drug-likeness (QED) is 0.398. The van der Waals surface area contributed by atoms with Gasteiger partial charge in [-0.2, -0.15) is 0 Å². The number of aliphatic hydroxyl groups is 2. The van der Waals surface area contributed by atoms with Crippen LogP contribution in [0.2, 0.25) is 0 Å². The molecule has 1 aromatic rings. The molecule has 33 heavy (non-hydrogen) atoms. The van der Waals surface area contributed by atoms with Gasteiger partial charge in [0.15, 0.2) is 0 Å². The lowest BCUT2D eigenvalue weighted by molar-refractivity contribution is -0.151. The minimum Gasteiger partial charge on any atom is -0.457 e. The number of allylic oxidation sites excluding steroid dienone is 1. The largest absolute Gasteiger partial charge is 0.457 e. The first kappa shape index (κ1) is 27.7. The highest BCUT2D eigenvalue weighted by Crippen LogP contribution is 2.35. The predicted molar refractivity (Wildman–Crippen MR) is 136 cm³/mol. The minimum absolute atomic E-state index is 0.0321. The summed E-state index contributed by atoms with van der Waals surface area (Å²) in [6.45, 7) is 14.1. The first-order chi connectivity index (χ1) is 15.4. The van der Waals surface area contributed by atoms with Crippen LogP contribution >= 0.6 is 11.3 Å². The van der Waals surface area contributed by atoms with Crippen LogP contribution in [-0.4, -0.2) is 39.5 Å². The van der Waals surface area contributed by atoms with E-state index in [1.54, 1.807) is 11.3 Å². The maximum atomic E-state index is 12.8. The summed E-state index contributed by atoms with van der Waals surface area (Å²) >= 11 is 1.59. The molecule has 0 amide bonds. The molecule has 0 saturated carbocycles. The van der Waals surface area contributed by atoms with E-state index in [0.29, 0.717) is 12.8 Å². The predicted octanol–water partition coefficient (Wildman–Crippen LogP) is 6.09. The number of carbonyl (C=O) groups excluding carboxylic acids is 1. The monoisotopic (exact) mass is 477 g/mol. The van der Waals surface area contributed by atoms with Crippen molar-refractivity contribution in [1.82, 2.24) is 4.98 Å². The lowest BCUT2D eigenvalue weighted by Gasteiger charge is -2.36. The van der Waals surface area contributed by atoms with Gasteiger partial charge in [-0.25, -0.2) is 4.98 Å². The summed E-state index contributed by atoms with van der Waals surface area (Å²) < 4.78 is 5.88. The third-order valence-corrected chi connectivity index (χ3v) is 7.77. The molecule has 1 aromatic heterocycles. The molecule has 2 rings (SSSR count). The van der Waals surface area contributed by atoms with Gasteiger partial charge in [0, 0.05) is 11.8 Å². The van der Waals surface area contributed by atoms with Crippen LogP contribution in [0.25, 0.3) is 6.08 Å². The molecule has 0 aliphatic carbocycles. The molecule has 6 heteroatoms. The van der Waals surface area contributed by atoms with Gasteiger partial charge in [-0.1, -0.05) is 39.3 Å². The molecule has 5 atom stereocenters. The Bertz CT molecular complexity index is 841. The fraction of sp³-hybridized carbons (Fsp3) is 0.704. The van der Waals surface area contributed by atoms with Crippen LogP contribution in [0.3, 0.4) is 0 Å². The Labute approximate surface area is 204 Å². The number of cyclic esters (lactones) is 1. The van der Waals surface area contributed by atoms with Gasteiger partial charge in [0.05, 0.1) is 29.3 Å². The van der Waals surface area contributed by atoms with E-state index in [-0.39, 0.29) is 18.3 Å². The second-order valence-corrected chi connectivity index (χ2v) is 11.8. The van der Waals surface area contributed by atoms with E-state index in [2.05, 4.69) is 24.9 Å². The Kier molecular flexibility index (Phi) is 10.3. The number of carbonyl (C=O) groups is 1. The third-order valence-electron chi connectivity index (χ3n) is 6.98. The topological polar surface area (TPSA) is 79.7 Å². The van der Waals surface area contributed by atoms with Gasteiger partial charge >= 0.3 is 5.97 Å². The maximum absolute atomic E-state index is 12.8. The summed E-state index contributed by atoms with van der Waals surface area (Å²) in [5.41, 5.74) is 2.57. The number of rotatable bonds is 2. The molecule has 2 heterocycles. The molecule has 0 fully saturated rings. The summed E-state index contributed by atoms with van der Waals surface area (Å²) in [7, 11) is 0. The molecule has 1 aliphatic rings. The smallest absolute Gasteiger partial charge is 0.309 e. The number of hydrogen-bond donors (Lipinski definition) is 2. The standard InChI is InChI=1S/C27H43NO4S/c1-17-9-8-10-18(2)26(31)20(4)15-27(6,7)24(29)14-25(30)32-23(12-11-17)19(3)13-22-16-33-21(5)28-22/h11,13,16,18,20,23-24,26,29,31H,8-10,12,14-15H2,1-7H3/b17-11-,19-13+. The lowest BCUT2D eigenvalue weighted by Crippen LogP contribution is -2.37.